The zero-order valence-corrected chi connectivity index (χ0v) is 13.6. The fourth-order valence-electron chi connectivity index (χ4n) is 3.32. The topological polar surface area (TPSA) is 94.1 Å². The average Bonchev–Trinajstić information content (AvgIpc) is 3.26. The molecular weight excluding hydrogens is 318 g/mol. The molecule has 128 valence electrons. The molecule has 0 bridgehead atoms. The van der Waals surface area contributed by atoms with E-state index in [1.165, 1.54) is 6.33 Å². The number of aromatic amines is 1. The lowest BCUT2D eigenvalue weighted by atomic mass is 10.1. The summed E-state index contributed by atoms with van der Waals surface area (Å²) in [6.45, 7) is 1.26. The SMILES string of the molecule is O=C(N[C@@H]1CN(c2ccncn2)C[C@H]1CO)c1cc2ccccc2[nH]1. The Hall–Kier alpha value is -2.93. The molecule has 0 aliphatic carbocycles. The van der Waals surface area contributed by atoms with Gasteiger partial charge in [-0.3, -0.25) is 4.79 Å². The van der Waals surface area contributed by atoms with Crippen LogP contribution in [0.15, 0.2) is 48.9 Å². The van der Waals surface area contributed by atoms with Crippen LogP contribution in [-0.4, -0.2) is 51.7 Å². The van der Waals surface area contributed by atoms with Gasteiger partial charge >= 0.3 is 0 Å². The minimum atomic E-state index is -0.163. The monoisotopic (exact) mass is 337 g/mol. The summed E-state index contributed by atoms with van der Waals surface area (Å²) in [5.41, 5.74) is 1.46. The number of anilines is 1. The highest BCUT2D eigenvalue weighted by molar-refractivity contribution is 5.98. The molecule has 1 amide bonds. The van der Waals surface area contributed by atoms with Crippen LogP contribution in [0.25, 0.3) is 10.9 Å². The Morgan fingerprint density at radius 2 is 2.20 bits per heavy atom. The number of carbonyl (C=O) groups excluding carboxylic acids is 1. The van der Waals surface area contributed by atoms with Crippen molar-refractivity contribution in [2.45, 2.75) is 6.04 Å². The zero-order valence-electron chi connectivity index (χ0n) is 13.6. The molecule has 3 heterocycles. The van der Waals surface area contributed by atoms with Gasteiger partial charge < -0.3 is 20.3 Å². The van der Waals surface area contributed by atoms with Crippen LogP contribution in [0, 0.1) is 5.92 Å². The number of rotatable bonds is 4. The van der Waals surface area contributed by atoms with E-state index in [1.807, 2.05) is 36.4 Å². The quantitative estimate of drug-likeness (QED) is 0.665. The second-order valence-corrected chi connectivity index (χ2v) is 6.27. The van der Waals surface area contributed by atoms with Crippen LogP contribution in [0.4, 0.5) is 5.82 Å². The van der Waals surface area contributed by atoms with E-state index in [0.29, 0.717) is 18.8 Å². The largest absolute Gasteiger partial charge is 0.396 e. The third-order valence-corrected chi connectivity index (χ3v) is 4.66. The van der Waals surface area contributed by atoms with E-state index in [0.717, 1.165) is 16.7 Å². The van der Waals surface area contributed by atoms with E-state index in [1.54, 1.807) is 6.20 Å². The number of para-hydroxylation sites is 1. The van der Waals surface area contributed by atoms with Gasteiger partial charge in [-0.2, -0.15) is 0 Å². The van der Waals surface area contributed by atoms with Gasteiger partial charge in [0, 0.05) is 42.7 Å². The number of aromatic nitrogens is 3. The second-order valence-electron chi connectivity index (χ2n) is 6.27. The predicted octanol–water partition coefficient (Wildman–Crippen LogP) is 1.18. The van der Waals surface area contributed by atoms with E-state index in [-0.39, 0.29) is 24.5 Å². The summed E-state index contributed by atoms with van der Waals surface area (Å²) in [6, 6.07) is 11.3. The first-order valence-corrected chi connectivity index (χ1v) is 8.25. The molecule has 1 aliphatic rings. The molecule has 1 aliphatic heterocycles. The van der Waals surface area contributed by atoms with Gasteiger partial charge in [-0.25, -0.2) is 9.97 Å². The van der Waals surface area contributed by atoms with Gasteiger partial charge in [0.2, 0.25) is 0 Å². The number of hydrogen-bond acceptors (Lipinski definition) is 5. The van der Waals surface area contributed by atoms with Crippen molar-refractivity contribution in [3.8, 4) is 0 Å². The van der Waals surface area contributed by atoms with Crippen LogP contribution in [0.3, 0.4) is 0 Å². The summed E-state index contributed by atoms with van der Waals surface area (Å²) in [5, 5.41) is 13.7. The fraction of sp³-hybridized carbons (Fsp3) is 0.278. The third-order valence-electron chi connectivity index (χ3n) is 4.66. The van der Waals surface area contributed by atoms with E-state index < -0.39 is 0 Å². The molecule has 7 heteroatoms. The molecule has 1 saturated heterocycles. The number of H-pyrrole nitrogens is 1. The first-order valence-electron chi connectivity index (χ1n) is 8.25. The van der Waals surface area contributed by atoms with Gasteiger partial charge in [0.25, 0.3) is 5.91 Å². The van der Waals surface area contributed by atoms with Crippen molar-refractivity contribution >= 4 is 22.6 Å². The highest BCUT2D eigenvalue weighted by Crippen LogP contribution is 2.22. The number of amides is 1. The number of hydrogen-bond donors (Lipinski definition) is 3. The summed E-state index contributed by atoms with van der Waals surface area (Å²) in [5.74, 6) is 0.600. The van der Waals surface area contributed by atoms with Crippen molar-refractivity contribution in [1.82, 2.24) is 20.3 Å². The Bertz CT molecular complexity index is 846. The average molecular weight is 337 g/mol. The maximum Gasteiger partial charge on any atom is 0.268 e. The van der Waals surface area contributed by atoms with E-state index in [2.05, 4.69) is 25.2 Å². The van der Waals surface area contributed by atoms with Gasteiger partial charge in [0.05, 0.1) is 6.04 Å². The summed E-state index contributed by atoms with van der Waals surface area (Å²) >= 11 is 0. The van der Waals surface area contributed by atoms with Crippen molar-refractivity contribution in [1.29, 1.82) is 0 Å². The minimum absolute atomic E-state index is 0.0131. The zero-order chi connectivity index (χ0) is 17.2. The number of benzene rings is 1. The Labute approximate surface area is 144 Å². The number of nitrogens with zero attached hydrogens (tertiary/aromatic N) is 3. The van der Waals surface area contributed by atoms with Crippen molar-refractivity contribution < 1.29 is 9.90 Å². The summed E-state index contributed by atoms with van der Waals surface area (Å²) in [4.78, 5) is 26.0. The maximum atomic E-state index is 12.6. The van der Waals surface area contributed by atoms with Gasteiger partial charge in [0.1, 0.15) is 17.8 Å². The van der Waals surface area contributed by atoms with E-state index in [4.69, 9.17) is 0 Å². The Balaban J connectivity index is 1.49. The first-order chi connectivity index (χ1) is 12.2. The lowest BCUT2D eigenvalue weighted by Crippen LogP contribution is -2.41. The van der Waals surface area contributed by atoms with Crippen molar-refractivity contribution in [3.05, 3.63) is 54.6 Å². The molecule has 0 radical (unpaired) electrons. The van der Waals surface area contributed by atoms with Crippen LogP contribution < -0.4 is 10.2 Å². The number of carbonyl (C=O) groups is 1. The lowest BCUT2D eigenvalue weighted by molar-refractivity contribution is 0.0917. The number of nitrogens with one attached hydrogen (secondary N) is 2. The van der Waals surface area contributed by atoms with Crippen molar-refractivity contribution in [3.63, 3.8) is 0 Å². The molecule has 2 aromatic heterocycles. The van der Waals surface area contributed by atoms with Gasteiger partial charge in [-0.05, 0) is 18.2 Å². The summed E-state index contributed by atoms with van der Waals surface area (Å²) in [6.07, 6.45) is 3.19. The molecule has 0 spiro atoms. The standard InChI is InChI=1S/C18H19N5O2/c24-10-13-8-23(17-5-6-19-11-20-17)9-16(13)22-18(25)15-7-12-3-1-2-4-14(12)21-15/h1-7,11,13,16,21,24H,8-10H2,(H,22,25)/t13-,16+/m0/s1. The van der Waals surface area contributed by atoms with Crippen LogP contribution in [0.1, 0.15) is 10.5 Å². The predicted molar refractivity (Wildman–Crippen MR) is 94.4 cm³/mol. The molecule has 1 fully saturated rings. The first kappa shape index (κ1) is 15.6. The maximum absolute atomic E-state index is 12.6. The Morgan fingerprint density at radius 3 is 2.96 bits per heavy atom. The molecule has 0 saturated carbocycles. The van der Waals surface area contributed by atoms with Crippen molar-refractivity contribution in [2.24, 2.45) is 5.92 Å². The van der Waals surface area contributed by atoms with Crippen LogP contribution >= 0.6 is 0 Å². The smallest absolute Gasteiger partial charge is 0.268 e. The molecule has 3 aromatic rings. The normalized spacial score (nSPS) is 20.1. The second kappa shape index (κ2) is 6.52. The Kier molecular flexibility index (Phi) is 4.07. The molecule has 0 unspecified atom stereocenters. The lowest BCUT2D eigenvalue weighted by Gasteiger charge is -2.17. The van der Waals surface area contributed by atoms with Crippen LogP contribution in [0.5, 0.6) is 0 Å². The van der Waals surface area contributed by atoms with Gasteiger partial charge in [0.15, 0.2) is 0 Å². The highest BCUT2D eigenvalue weighted by atomic mass is 16.3. The van der Waals surface area contributed by atoms with Crippen molar-refractivity contribution in [2.75, 3.05) is 24.6 Å². The number of aliphatic hydroxyl groups excluding tert-OH is 1. The molecule has 2 atom stereocenters. The fourth-order valence-corrected chi connectivity index (χ4v) is 3.32. The van der Waals surface area contributed by atoms with E-state index in [9.17, 15) is 9.90 Å². The number of aliphatic hydroxyl groups is 1. The Morgan fingerprint density at radius 1 is 1.32 bits per heavy atom. The molecule has 4 rings (SSSR count). The molecule has 1 aromatic carbocycles. The van der Waals surface area contributed by atoms with Crippen LogP contribution in [0.2, 0.25) is 0 Å². The van der Waals surface area contributed by atoms with Crippen LogP contribution in [-0.2, 0) is 0 Å². The summed E-state index contributed by atoms with van der Waals surface area (Å²) < 4.78 is 0. The molecular formula is C18H19N5O2. The summed E-state index contributed by atoms with van der Waals surface area (Å²) in [7, 11) is 0. The van der Waals surface area contributed by atoms with Gasteiger partial charge in [-0.1, -0.05) is 18.2 Å². The van der Waals surface area contributed by atoms with Gasteiger partial charge in [-0.15, -0.1) is 0 Å². The molecule has 3 N–H and O–H groups in total. The number of fused-ring (bicyclic) bond motifs is 1. The highest BCUT2D eigenvalue weighted by Gasteiger charge is 2.34. The third kappa shape index (κ3) is 3.06. The minimum Gasteiger partial charge on any atom is -0.396 e. The molecule has 25 heavy (non-hydrogen) atoms. The molecule has 7 nitrogen and oxygen atoms in total. The van der Waals surface area contributed by atoms with E-state index >= 15 is 0 Å².